The van der Waals surface area contributed by atoms with Gasteiger partial charge in [0.05, 0.1) is 0 Å². The first kappa shape index (κ1) is 12.0. The Labute approximate surface area is 94.0 Å². The summed E-state index contributed by atoms with van der Waals surface area (Å²) in [5, 5.41) is 0. The van der Waals surface area contributed by atoms with E-state index in [0.29, 0.717) is 5.92 Å². The molecular weight excluding hydrogens is 180 g/mol. The normalized spacial score (nSPS) is 12.4. The van der Waals surface area contributed by atoms with E-state index in [2.05, 4.69) is 50.8 Å². The van der Waals surface area contributed by atoms with Crippen molar-refractivity contribution in [3.63, 3.8) is 0 Å². The summed E-state index contributed by atoms with van der Waals surface area (Å²) >= 11 is 0. The molecule has 1 aromatic rings. The van der Waals surface area contributed by atoms with Crippen molar-refractivity contribution >= 4 is 0 Å². The Morgan fingerprint density at radius 2 is 1.87 bits per heavy atom. The van der Waals surface area contributed by atoms with Gasteiger partial charge < -0.3 is 0 Å². The van der Waals surface area contributed by atoms with E-state index in [4.69, 9.17) is 0 Å². The molecule has 0 spiro atoms. The molecular formula is C15H22. The first-order chi connectivity index (χ1) is 7.25. The lowest BCUT2D eigenvalue weighted by atomic mass is 9.88. The zero-order valence-electron chi connectivity index (χ0n) is 10.00. The highest BCUT2D eigenvalue weighted by atomic mass is 14.2. The van der Waals surface area contributed by atoms with Crippen LogP contribution in [-0.2, 0) is 0 Å². The van der Waals surface area contributed by atoms with Crippen molar-refractivity contribution in [1.29, 1.82) is 0 Å². The van der Waals surface area contributed by atoms with Crippen molar-refractivity contribution in [1.82, 2.24) is 0 Å². The lowest BCUT2D eigenvalue weighted by molar-refractivity contribution is 0.613. The molecule has 0 aliphatic rings. The molecule has 0 heterocycles. The lowest BCUT2D eigenvalue weighted by Crippen LogP contribution is -1.99. The molecule has 1 atom stereocenters. The quantitative estimate of drug-likeness (QED) is 0.453. The summed E-state index contributed by atoms with van der Waals surface area (Å²) in [4.78, 5) is 0. The summed E-state index contributed by atoms with van der Waals surface area (Å²) < 4.78 is 0. The average molecular weight is 202 g/mol. The Bertz CT molecular complexity index is 284. The number of hydrogen-bond donors (Lipinski definition) is 0. The van der Waals surface area contributed by atoms with Gasteiger partial charge in [-0.1, -0.05) is 68.7 Å². The molecule has 0 fully saturated rings. The lowest BCUT2D eigenvalue weighted by Gasteiger charge is -2.17. The average Bonchev–Trinajstić information content (AvgIpc) is 2.25. The zero-order chi connectivity index (χ0) is 11.1. The highest BCUT2D eigenvalue weighted by molar-refractivity contribution is 5.26. The molecule has 0 bridgehead atoms. The van der Waals surface area contributed by atoms with Gasteiger partial charge in [0.1, 0.15) is 0 Å². The van der Waals surface area contributed by atoms with Crippen molar-refractivity contribution in [3.05, 3.63) is 48.0 Å². The number of allylic oxidation sites excluding steroid dienone is 1. The second-order valence-corrected chi connectivity index (χ2v) is 4.31. The molecule has 0 saturated heterocycles. The Kier molecular flexibility index (Phi) is 5.17. The van der Waals surface area contributed by atoms with E-state index in [-0.39, 0.29) is 0 Å². The standard InChI is InChI=1S/C15H22/c1-4-5-7-12-15(13(2)3)14-10-8-6-9-11-14/h6,8-11,15H,2,4-5,7,12H2,1,3H3. The fourth-order valence-electron chi connectivity index (χ4n) is 1.98. The highest BCUT2D eigenvalue weighted by Gasteiger charge is 2.10. The fraction of sp³-hybridized carbons (Fsp3) is 0.467. The van der Waals surface area contributed by atoms with Crippen LogP contribution in [0.3, 0.4) is 0 Å². The summed E-state index contributed by atoms with van der Waals surface area (Å²) in [6.07, 6.45) is 5.17. The van der Waals surface area contributed by atoms with Gasteiger partial charge in [-0.3, -0.25) is 0 Å². The molecule has 0 nitrogen and oxygen atoms in total. The van der Waals surface area contributed by atoms with Crippen molar-refractivity contribution in [2.75, 3.05) is 0 Å². The summed E-state index contributed by atoms with van der Waals surface area (Å²) in [5.74, 6) is 0.553. The first-order valence-electron chi connectivity index (χ1n) is 5.96. The van der Waals surface area contributed by atoms with Gasteiger partial charge in [0.2, 0.25) is 0 Å². The van der Waals surface area contributed by atoms with E-state index in [1.807, 2.05) is 0 Å². The van der Waals surface area contributed by atoms with Gasteiger partial charge in [-0.05, 0) is 18.9 Å². The monoisotopic (exact) mass is 202 g/mol. The highest BCUT2D eigenvalue weighted by Crippen LogP contribution is 2.28. The second kappa shape index (κ2) is 6.44. The van der Waals surface area contributed by atoms with Crippen LogP contribution < -0.4 is 0 Å². The first-order valence-corrected chi connectivity index (χ1v) is 5.96. The van der Waals surface area contributed by atoms with Crippen LogP contribution in [-0.4, -0.2) is 0 Å². The second-order valence-electron chi connectivity index (χ2n) is 4.31. The van der Waals surface area contributed by atoms with Crippen molar-refractivity contribution in [2.24, 2.45) is 0 Å². The maximum absolute atomic E-state index is 4.11. The molecule has 0 radical (unpaired) electrons. The SMILES string of the molecule is C=C(C)C(CCCCC)c1ccccc1. The Morgan fingerprint density at radius 3 is 2.40 bits per heavy atom. The van der Waals surface area contributed by atoms with Gasteiger partial charge in [0.25, 0.3) is 0 Å². The van der Waals surface area contributed by atoms with Crippen molar-refractivity contribution in [3.8, 4) is 0 Å². The van der Waals surface area contributed by atoms with Crippen LogP contribution in [0.2, 0.25) is 0 Å². The van der Waals surface area contributed by atoms with Gasteiger partial charge in [0.15, 0.2) is 0 Å². The molecule has 0 aromatic heterocycles. The van der Waals surface area contributed by atoms with Gasteiger partial charge in [-0.2, -0.15) is 0 Å². The minimum atomic E-state index is 0.553. The number of hydrogen-bond acceptors (Lipinski definition) is 0. The molecule has 0 N–H and O–H groups in total. The van der Waals surface area contributed by atoms with Crippen LogP contribution in [0.15, 0.2) is 42.5 Å². The number of unbranched alkanes of at least 4 members (excludes halogenated alkanes) is 2. The van der Waals surface area contributed by atoms with Gasteiger partial charge in [-0.15, -0.1) is 0 Å². The molecule has 82 valence electrons. The van der Waals surface area contributed by atoms with E-state index in [1.165, 1.54) is 36.8 Å². The van der Waals surface area contributed by atoms with E-state index in [0.717, 1.165) is 0 Å². The van der Waals surface area contributed by atoms with Crippen molar-refractivity contribution < 1.29 is 0 Å². The largest absolute Gasteiger partial charge is 0.0995 e. The molecule has 1 rings (SSSR count). The molecule has 0 aliphatic heterocycles. The summed E-state index contributed by atoms with van der Waals surface area (Å²) in [5.41, 5.74) is 2.71. The third kappa shape index (κ3) is 3.91. The van der Waals surface area contributed by atoms with Gasteiger partial charge in [0, 0.05) is 5.92 Å². The minimum absolute atomic E-state index is 0.553. The van der Waals surface area contributed by atoms with Crippen LogP contribution in [0, 0.1) is 0 Å². The van der Waals surface area contributed by atoms with Gasteiger partial charge in [-0.25, -0.2) is 0 Å². The molecule has 0 amide bonds. The molecule has 0 saturated carbocycles. The summed E-state index contributed by atoms with van der Waals surface area (Å²) in [7, 11) is 0. The molecule has 15 heavy (non-hydrogen) atoms. The number of rotatable bonds is 6. The molecule has 0 aliphatic carbocycles. The predicted octanol–water partition coefficient (Wildman–Crippen LogP) is 4.93. The van der Waals surface area contributed by atoms with Crippen molar-refractivity contribution in [2.45, 2.75) is 45.4 Å². The zero-order valence-corrected chi connectivity index (χ0v) is 10.00. The maximum atomic E-state index is 4.11. The Balaban J connectivity index is 2.62. The van der Waals surface area contributed by atoms with Gasteiger partial charge >= 0.3 is 0 Å². The van der Waals surface area contributed by atoms with E-state index >= 15 is 0 Å². The van der Waals surface area contributed by atoms with E-state index < -0.39 is 0 Å². The molecule has 1 aromatic carbocycles. The minimum Gasteiger partial charge on any atom is -0.0995 e. The topological polar surface area (TPSA) is 0 Å². The van der Waals surface area contributed by atoms with Crippen LogP contribution >= 0.6 is 0 Å². The third-order valence-corrected chi connectivity index (χ3v) is 2.89. The van der Waals surface area contributed by atoms with Crippen LogP contribution in [0.25, 0.3) is 0 Å². The van der Waals surface area contributed by atoms with E-state index in [9.17, 15) is 0 Å². The summed E-state index contributed by atoms with van der Waals surface area (Å²) in [6, 6.07) is 10.7. The van der Waals surface area contributed by atoms with Crippen LogP contribution in [0.4, 0.5) is 0 Å². The Hall–Kier alpha value is -1.04. The van der Waals surface area contributed by atoms with Crippen LogP contribution in [0.5, 0.6) is 0 Å². The third-order valence-electron chi connectivity index (χ3n) is 2.89. The maximum Gasteiger partial charge on any atom is 0.00427 e. The fourth-order valence-corrected chi connectivity index (χ4v) is 1.98. The summed E-state index contributed by atoms with van der Waals surface area (Å²) in [6.45, 7) is 8.50. The Morgan fingerprint density at radius 1 is 1.20 bits per heavy atom. The van der Waals surface area contributed by atoms with E-state index in [1.54, 1.807) is 0 Å². The van der Waals surface area contributed by atoms with Crippen LogP contribution in [0.1, 0.15) is 51.0 Å². The number of benzene rings is 1. The smallest absolute Gasteiger partial charge is 0.00427 e. The molecule has 0 heteroatoms. The molecule has 1 unspecified atom stereocenters. The predicted molar refractivity (Wildman–Crippen MR) is 68.1 cm³/mol.